The van der Waals surface area contributed by atoms with E-state index in [2.05, 4.69) is 0 Å². The Hall–Kier alpha value is -2.44. The molecule has 1 amide bonds. The Kier molecular flexibility index (Phi) is 11.0. The van der Waals surface area contributed by atoms with Gasteiger partial charge in [-0.2, -0.15) is 39.5 Å². The summed E-state index contributed by atoms with van der Waals surface area (Å²) in [5.74, 6) is -6.03. The van der Waals surface area contributed by atoms with E-state index in [-0.39, 0.29) is 27.1 Å². The molecule has 0 bridgehead atoms. The molecule has 0 saturated carbocycles. The second-order valence-corrected chi connectivity index (χ2v) is 9.74. The first-order chi connectivity index (χ1) is 18.2. The van der Waals surface area contributed by atoms with Gasteiger partial charge in [0.15, 0.2) is 5.78 Å². The zero-order chi connectivity index (χ0) is 30.6. The highest BCUT2D eigenvalue weighted by Gasteiger charge is 2.40. The van der Waals surface area contributed by atoms with Crippen LogP contribution in [-0.4, -0.2) is 30.6 Å². The number of allylic oxidation sites excluding steroid dienone is 1. The SMILES string of the molecule is CCC(CC(=O)c1ccc(/C=C/C(c2cc(Cl)c(Cl)c(Cl)c2)C(F)(F)F)cc1C(F)(F)F)C(=O)NCC(F)(F)F. The van der Waals surface area contributed by atoms with Crippen LogP contribution in [0, 0.1) is 5.92 Å². The smallest absolute Gasteiger partial charge is 0.347 e. The van der Waals surface area contributed by atoms with Crippen LogP contribution in [0.1, 0.15) is 52.7 Å². The van der Waals surface area contributed by atoms with Gasteiger partial charge in [0.25, 0.3) is 0 Å². The van der Waals surface area contributed by atoms with E-state index >= 15 is 0 Å². The van der Waals surface area contributed by atoms with Crippen molar-refractivity contribution in [3.8, 4) is 0 Å². The first-order valence-corrected chi connectivity index (χ1v) is 12.4. The number of rotatable bonds is 9. The standard InChI is InChI=1S/C25H19Cl3F9NO2/c1-2-13(22(40)38-11-23(29,30)31)10-20(39)15-5-3-12(7-17(15)25(35,36)37)4-6-16(24(32,33)34)14-8-18(26)21(28)19(27)9-14/h3-9,13,16H,2,10-11H2,1H3,(H,38,40)/b6-4+. The van der Waals surface area contributed by atoms with Gasteiger partial charge in [0, 0.05) is 17.9 Å². The first kappa shape index (κ1) is 33.8. The van der Waals surface area contributed by atoms with E-state index in [4.69, 9.17) is 34.8 Å². The van der Waals surface area contributed by atoms with Crippen LogP contribution < -0.4 is 5.32 Å². The van der Waals surface area contributed by atoms with Crippen molar-refractivity contribution in [3.63, 3.8) is 0 Å². The number of Topliss-reactive ketones (excluding diaryl/α,β-unsaturated/α-hetero) is 1. The number of amides is 1. The summed E-state index contributed by atoms with van der Waals surface area (Å²) in [6.07, 6.45) is -14.4. The van der Waals surface area contributed by atoms with Gasteiger partial charge in [-0.15, -0.1) is 0 Å². The normalized spacial score (nSPS) is 14.3. The Morgan fingerprint density at radius 3 is 1.98 bits per heavy atom. The lowest BCUT2D eigenvalue weighted by atomic mass is 9.91. The van der Waals surface area contributed by atoms with Gasteiger partial charge in [-0.3, -0.25) is 9.59 Å². The van der Waals surface area contributed by atoms with Crippen LogP contribution in [0.4, 0.5) is 39.5 Å². The molecule has 3 nitrogen and oxygen atoms in total. The lowest BCUT2D eigenvalue weighted by Gasteiger charge is -2.19. The summed E-state index contributed by atoms with van der Waals surface area (Å²) in [7, 11) is 0. The molecule has 2 atom stereocenters. The number of ketones is 1. The van der Waals surface area contributed by atoms with Crippen LogP contribution in [0.5, 0.6) is 0 Å². The highest BCUT2D eigenvalue weighted by Crippen LogP contribution is 2.41. The number of carbonyl (C=O) groups is 2. The van der Waals surface area contributed by atoms with E-state index < -0.39 is 71.7 Å². The van der Waals surface area contributed by atoms with Gasteiger partial charge < -0.3 is 5.32 Å². The molecule has 220 valence electrons. The van der Waals surface area contributed by atoms with Gasteiger partial charge in [-0.25, -0.2) is 0 Å². The summed E-state index contributed by atoms with van der Waals surface area (Å²) in [6.45, 7) is -0.319. The quantitative estimate of drug-likeness (QED) is 0.168. The number of carbonyl (C=O) groups excluding carboxylic acids is 2. The zero-order valence-corrected chi connectivity index (χ0v) is 22.4. The third-order valence-corrected chi connectivity index (χ3v) is 6.80. The fourth-order valence-electron chi connectivity index (χ4n) is 3.60. The summed E-state index contributed by atoms with van der Waals surface area (Å²) in [5.41, 5.74) is -3.17. The molecule has 15 heteroatoms. The van der Waals surface area contributed by atoms with Gasteiger partial charge in [0.2, 0.25) is 5.91 Å². The van der Waals surface area contributed by atoms with E-state index in [1.54, 1.807) is 5.32 Å². The van der Waals surface area contributed by atoms with Crippen molar-refractivity contribution >= 4 is 52.6 Å². The molecule has 2 aromatic rings. The topological polar surface area (TPSA) is 46.2 Å². The first-order valence-electron chi connectivity index (χ1n) is 11.2. The molecule has 1 N–H and O–H groups in total. The van der Waals surface area contributed by atoms with Crippen LogP contribution in [0.25, 0.3) is 6.08 Å². The average molecular weight is 643 g/mol. The molecule has 0 aromatic heterocycles. The van der Waals surface area contributed by atoms with Crippen molar-refractivity contribution < 1.29 is 49.1 Å². The molecule has 0 spiro atoms. The monoisotopic (exact) mass is 641 g/mol. The Labute approximate surface area is 237 Å². The maximum absolute atomic E-state index is 13.8. The van der Waals surface area contributed by atoms with E-state index in [1.807, 2.05) is 0 Å². The Morgan fingerprint density at radius 2 is 1.50 bits per heavy atom. The second kappa shape index (κ2) is 13.0. The maximum Gasteiger partial charge on any atom is 0.417 e. The predicted molar refractivity (Wildman–Crippen MR) is 133 cm³/mol. The molecular weight excluding hydrogens is 624 g/mol. The number of benzene rings is 2. The second-order valence-electron chi connectivity index (χ2n) is 8.55. The largest absolute Gasteiger partial charge is 0.417 e. The van der Waals surface area contributed by atoms with Crippen molar-refractivity contribution in [1.29, 1.82) is 0 Å². The molecule has 2 aromatic carbocycles. The highest BCUT2D eigenvalue weighted by atomic mass is 35.5. The molecule has 0 aliphatic rings. The molecule has 40 heavy (non-hydrogen) atoms. The van der Waals surface area contributed by atoms with Crippen LogP contribution >= 0.6 is 34.8 Å². The average Bonchev–Trinajstić information content (AvgIpc) is 2.82. The molecular formula is C25H19Cl3F9NO2. The van der Waals surface area contributed by atoms with Gasteiger partial charge in [-0.05, 0) is 35.7 Å². The summed E-state index contributed by atoms with van der Waals surface area (Å²) < 4.78 is 120. The molecule has 2 rings (SSSR count). The third kappa shape index (κ3) is 9.31. The number of nitrogens with one attached hydrogen (secondary N) is 1. The number of hydrogen-bond acceptors (Lipinski definition) is 2. The van der Waals surface area contributed by atoms with Crippen molar-refractivity contribution in [1.82, 2.24) is 5.32 Å². The lowest BCUT2D eigenvalue weighted by Crippen LogP contribution is -2.38. The molecule has 0 aliphatic carbocycles. The Balaban J connectivity index is 2.40. The minimum Gasteiger partial charge on any atom is -0.347 e. The molecule has 0 radical (unpaired) electrons. The van der Waals surface area contributed by atoms with Crippen molar-refractivity contribution in [3.05, 3.63) is 73.7 Å². The summed E-state index contributed by atoms with van der Waals surface area (Å²) >= 11 is 17.4. The fraction of sp³-hybridized carbons (Fsp3) is 0.360. The minimum absolute atomic E-state index is 0.144. The zero-order valence-electron chi connectivity index (χ0n) is 20.2. The molecule has 0 saturated heterocycles. The van der Waals surface area contributed by atoms with E-state index in [9.17, 15) is 49.1 Å². The fourth-order valence-corrected chi connectivity index (χ4v) is 4.22. The van der Waals surface area contributed by atoms with E-state index in [0.717, 1.165) is 30.3 Å². The van der Waals surface area contributed by atoms with Crippen LogP contribution in [0.3, 0.4) is 0 Å². The van der Waals surface area contributed by atoms with Crippen LogP contribution in [0.15, 0.2) is 36.4 Å². The summed E-state index contributed by atoms with van der Waals surface area (Å²) in [5, 5.41) is 0.856. The Bertz CT molecular complexity index is 1250. The van der Waals surface area contributed by atoms with Crippen molar-refractivity contribution in [2.24, 2.45) is 5.92 Å². The summed E-state index contributed by atoms with van der Waals surface area (Å²) in [4.78, 5) is 24.7. The lowest BCUT2D eigenvalue weighted by molar-refractivity contribution is -0.140. The summed E-state index contributed by atoms with van der Waals surface area (Å²) in [6, 6.07) is 3.96. The minimum atomic E-state index is -5.13. The molecule has 0 heterocycles. The number of hydrogen-bond donors (Lipinski definition) is 1. The van der Waals surface area contributed by atoms with Gasteiger partial charge >= 0.3 is 18.5 Å². The molecule has 0 aliphatic heterocycles. The van der Waals surface area contributed by atoms with Crippen LogP contribution in [0.2, 0.25) is 15.1 Å². The molecule has 2 unspecified atom stereocenters. The predicted octanol–water partition coefficient (Wildman–Crippen LogP) is 9.30. The van der Waals surface area contributed by atoms with Gasteiger partial charge in [0.05, 0.1) is 26.5 Å². The van der Waals surface area contributed by atoms with Gasteiger partial charge in [-0.1, -0.05) is 66.0 Å². The van der Waals surface area contributed by atoms with Crippen LogP contribution in [-0.2, 0) is 11.0 Å². The van der Waals surface area contributed by atoms with E-state index in [1.165, 1.54) is 6.92 Å². The number of halogens is 12. The number of alkyl halides is 9. The highest BCUT2D eigenvalue weighted by molar-refractivity contribution is 6.48. The maximum atomic E-state index is 13.8. The third-order valence-electron chi connectivity index (χ3n) is 5.61. The van der Waals surface area contributed by atoms with E-state index in [0.29, 0.717) is 12.1 Å². The van der Waals surface area contributed by atoms with Crippen molar-refractivity contribution in [2.45, 2.75) is 44.2 Å². The molecule has 0 fully saturated rings. The van der Waals surface area contributed by atoms with Gasteiger partial charge in [0.1, 0.15) is 6.54 Å². The van der Waals surface area contributed by atoms with Crippen molar-refractivity contribution in [2.75, 3.05) is 6.54 Å². The Morgan fingerprint density at radius 1 is 0.925 bits per heavy atom.